The van der Waals surface area contributed by atoms with Gasteiger partial charge in [-0.1, -0.05) is 30.3 Å². The Morgan fingerprint density at radius 3 is 2.40 bits per heavy atom. The highest BCUT2D eigenvalue weighted by molar-refractivity contribution is 5.79. The first kappa shape index (κ1) is 12.0. The van der Waals surface area contributed by atoms with Crippen LogP contribution in [0.15, 0.2) is 42.5 Å². The lowest BCUT2D eigenvalue weighted by molar-refractivity contribution is 0.313. The molecule has 20 heavy (non-hydrogen) atoms. The normalized spacial score (nSPS) is 17.9. The van der Waals surface area contributed by atoms with E-state index in [2.05, 4.69) is 59.3 Å². The standard InChI is InChI=1S/C18H20N2/c1-19-8-10-20(11-9-19)16-7-6-15-12-14-4-2-3-5-17(14)18(15)13-16/h2-7,13H,8-12H2,1H3. The van der Waals surface area contributed by atoms with Gasteiger partial charge >= 0.3 is 0 Å². The maximum Gasteiger partial charge on any atom is 0.0373 e. The molecule has 4 rings (SSSR count). The lowest BCUT2D eigenvalue weighted by Gasteiger charge is -2.34. The van der Waals surface area contributed by atoms with Crippen molar-refractivity contribution >= 4 is 5.69 Å². The van der Waals surface area contributed by atoms with E-state index in [-0.39, 0.29) is 0 Å². The lowest BCUT2D eigenvalue weighted by Crippen LogP contribution is -2.44. The predicted molar refractivity (Wildman–Crippen MR) is 84.4 cm³/mol. The van der Waals surface area contributed by atoms with E-state index in [1.54, 1.807) is 0 Å². The van der Waals surface area contributed by atoms with Crippen LogP contribution >= 0.6 is 0 Å². The van der Waals surface area contributed by atoms with Crippen LogP contribution in [-0.4, -0.2) is 38.1 Å². The second-order valence-corrected chi connectivity index (χ2v) is 5.97. The van der Waals surface area contributed by atoms with Crippen molar-refractivity contribution in [1.82, 2.24) is 4.90 Å². The van der Waals surface area contributed by atoms with Crippen LogP contribution < -0.4 is 4.90 Å². The number of piperazine rings is 1. The number of nitrogens with zero attached hydrogens (tertiary/aromatic N) is 2. The molecule has 0 amide bonds. The van der Waals surface area contributed by atoms with Crippen LogP contribution in [0.2, 0.25) is 0 Å². The van der Waals surface area contributed by atoms with Crippen LogP contribution in [0.3, 0.4) is 0 Å². The molecular weight excluding hydrogens is 244 g/mol. The lowest BCUT2D eigenvalue weighted by atomic mass is 10.0. The molecule has 0 unspecified atom stereocenters. The Kier molecular flexibility index (Phi) is 2.78. The van der Waals surface area contributed by atoms with E-state index >= 15 is 0 Å². The minimum Gasteiger partial charge on any atom is -0.369 e. The Hall–Kier alpha value is -1.80. The van der Waals surface area contributed by atoms with Crippen molar-refractivity contribution in [2.45, 2.75) is 6.42 Å². The minimum absolute atomic E-state index is 1.09. The smallest absolute Gasteiger partial charge is 0.0373 e. The van der Waals surface area contributed by atoms with Crippen molar-refractivity contribution in [3.63, 3.8) is 0 Å². The van der Waals surface area contributed by atoms with Gasteiger partial charge in [-0.25, -0.2) is 0 Å². The molecular formula is C18H20N2. The summed E-state index contributed by atoms with van der Waals surface area (Å²) in [4.78, 5) is 4.92. The molecule has 102 valence electrons. The second kappa shape index (κ2) is 4.64. The van der Waals surface area contributed by atoms with E-state index < -0.39 is 0 Å². The van der Waals surface area contributed by atoms with Crippen LogP contribution in [0.25, 0.3) is 11.1 Å². The Bertz CT molecular complexity index is 640. The molecule has 2 nitrogen and oxygen atoms in total. The molecule has 0 aromatic heterocycles. The molecule has 1 saturated heterocycles. The summed E-state index contributed by atoms with van der Waals surface area (Å²) >= 11 is 0. The maximum atomic E-state index is 2.52. The van der Waals surface area contributed by atoms with Crippen molar-refractivity contribution < 1.29 is 0 Å². The molecule has 2 aliphatic rings. The highest BCUT2D eigenvalue weighted by Gasteiger charge is 2.20. The third kappa shape index (κ3) is 1.92. The van der Waals surface area contributed by atoms with Crippen LogP contribution in [0.1, 0.15) is 11.1 Å². The molecule has 1 fully saturated rings. The summed E-state index contributed by atoms with van der Waals surface area (Å²) in [5.74, 6) is 0. The Balaban J connectivity index is 1.69. The first-order chi connectivity index (χ1) is 9.81. The van der Waals surface area contributed by atoms with Gasteiger partial charge in [-0.05, 0) is 47.9 Å². The SMILES string of the molecule is CN1CCN(c2ccc3c(c2)-c2ccccc2C3)CC1. The predicted octanol–water partition coefficient (Wildman–Crippen LogP) is 3.01. The average molecular weight is 264 g/mol. The first-order valence-electron chi connectivity index (χ1n) is 7.46. The molecule has 0 N–H and O–H groups in total. The molecule has 0 atom stereocenters. The minimum atomic E-state index is 1.09. The topological polar surface area (TPSA) is 6.48 Å². The van der Waals surface area contributed by atoms with Gasteiger partial charge < -0.3 is 9.80 Å². The summed E-state index contributed by atoms with van der Waals surface area (Å²) in [5, 5.41) is 0. The van der Waals surface area contributed by atoms with E-state index in [1.165, 1.54) is 27.9 Å². The van der Waals surface area contributed by atoms with Gasteiger partial charge in [-0.3, -0.25) is 0 Å². The van der Waals surface area contributed by atoms with Gasteiger partial charge in [0.1, 0.15) is 0 Å². The quantitative estimate of drug-likeness (QED) is 0.666. The van der Waals surface area contributed by atoms with E-state index in [0.717, 1.165) is 32.6 Å². The van der Waals surface area contributed by atoms with E-state index in [4.69, 9.17) is 0 Å². The van der Waals surface area contributed by atoms with E-state index in [9.17, 15) is 0 Å². The van der Waals surface area contributed by atoms with Gasteiger partial charge in [0.05, 0.1) is 0 Å². The van der Waals surface area contributed by atoms with Crippen molar-refractivity contribution in [1.29, 1.82) is 0 Å². The zero-order chi connectivity index (χ0) is 13.5. The average Bonchev–Trinajstić information content (AvgIpc) is 2.86. The molecule has 2 aromatic rings. The maximum absolute atomic E-state index is 2.52. The number of anilines is 1. The fraction of sp³-hybridized carbons (Fsp3) is 0.333. The molecule has 0 radical (unpaired) electrons. The highest BCUT2D eigenvalue weighted by atomic mass is 15.2. The van der Waals surface area contributed by atoms with Gasteiger partial charge in [0.2, 0.25) is 0 Å². The summed E-state index contributed by atoms with van der Waals surface area (Å²) in [7, 11) is 2.20. The van der Waals surface area contributed by atoms with E-state index in [0.29, 0.717) is 0 Å². The molecule has 0 bridgehead atoms. The monoisotopic (exact) mass is 264 g/mol. The Labute approximate surface area is 120 Å². The van der Waals surface area contributed by atoms with Crippen molar-refractivity contribution in [3.05, 3.63) is 53.6 Å². The van der Waals surface area contributed by atoms with Crippen LogP contribution in [0, 0.1) is 0 Å². The zero-order valence-corrected chi connectivity index (χ0v) is 12.0. The summed E-state index contributed by atoms with van der Waals surface area (Å²) in [5.41, 5.74) is 7.20. The van der Waals surface area contributed by atoms with Gasteiger partial charge in [0, 0.05) is 31.9 Å². The second-order valence-electron chi connectivity index (χ2n) is 5.97. The Morgan fingerprint density at radius 1 is 0.800 bits per heavy atom. The molecule has 0 spiro atoms. The summed E-state index contributed by atoms with van der Waals surface area (Å²) in [6.45, 7) is 4.59. The number of likely N-dealkylation sites (N-methyl/N-ethyl adjacent to an activating group) is 1. The van der Waals surface area contributed by atoms with Gasteiger partial charge in [0.25, 0.3) is 0 Å². The third-order valence-corrected chi connectivity index (χ3v) is 4.65. The summed E-state index contributed by atoms with van der Waals surface area (Å²) in [6.07, 6.45) is 1.09. The third-order valence-electron chi connectivity index (χ3n) is 4.65. The van der Waals surface area contributed by atoms with Gasteiger partial charge in [-0.15, -0.1) is 0 Å². The summed E-state index contributed by atoms with van der Waals surface area (Å²) < 4.78 is 0. The van der Waals surface area contributed by atoms with Gasteiger partial charge in [0.15, 0.2) is 0 Å². The fourth-order valence-electron chi connectivity index (χ4n) is 3.37. The first-order valence-corrected chi connectivity index (χ1v) is 7.46. The Morgan fingerprint density at radius 2 is 1.55 bits per heavy atom. The fourth-order valence-corrected chi connectivity index (χ4v) is 3.37. The van der Waals surface area contributed by atoms with Crippen LogP contribution in [-0.2, 0) is 6.42 Å². The van der Waals surface area contributed by atoms with Gasteiger partial charge in [-0.2, -0.15) is 0 Å². The molecule has 2 heteroatoms. The molecule has 1 aliphatic carbocycles. The summed E-state index contributed by atoms with van der Waals surface area (Å²) in [6, 6.07) is 15.8. The van der Waals surface area contributed by atoms with Crippen LogP contribution in [0.5, 0.6) is 0 Å². The number of hydrogen-bond donors (Lipinski definition) is 0. The molecule has 1 aliphatic heterocycles. The molecule has 1 heterocycles. The zero-order valence-electron chi connectivity index (χ0n) is 12.0. The van der Waals surface area contributed by atoms with Crippen LogP contribution in [0.4, 0.5) is 5.69 Å². The molecule has 2 aromatic carbocycles. The number of rotatable bonds is 1. The van der Waals surface area contributed by atoms with Crippen molar-refractivity contribution in [2.75, 3.05) is 38.1 Å². The molecule has 0 saturated carbocycles. The largest absolute Gasteiger partial charge is 0.369 e. The highest BCUT2D eigenvalue weighted by Crippen LogP contribution is 2.38. The number of benzene rings is 2. The number of hydrogen-bond acceptors (Lipinski definition) is 2. The number of fused-ring (bicyclic) bond motifs is 3. The van der Waals surface area contributed by atoms with Crippen molar-refractivity contribution in [2.24, 2.45) is 0 Å². The van der Waals surface area contributed by atoms with Crippen molar-refractivity contribution in [3.8, 4) is 11.1 Å². The van der Waals surface area contributed by atoms with E-state index in [1.807, 2.05) is 0 Å².